The van der Waals surface area contributed by atoms with Crippen molar-refractivity contribution in [3.63, 3.8) is 0 Å². The Morgan fingerprint density at radius 3 is 2.78 bits per heavy atom. The summed E-state index contributed by atoms with van der Waals surface area (Å²) in [6.07, 6.45) is -0.871. The molecule has 1 aromatic carbocycles. The second-order valence-corrected chi connectivity index (χ2v) is 4.47. The van der Waals surface area contributed by atoms with Crippen LogP contribution in [-0.2, 0) is 4.74 Å². The van der Waals surface area contributed by atoms with Crippen molar-refractivity contribution < 1.29 is 9.84 Å². The maximum absolute atomic E-state index is 9.56. The third kappa shape index (κ3) is 2.87. The summed E-state index contributed by atoms with van der Waals surface area (Å²) in [4.78, 5) is 0. The fraction of sp³-hybridized carbons (Fsp3) is 0.462. The molecule has 0 aromatic heterocycles. The van der Waals surface area contributed by atoms with Crippen LogP contribution in [0.2, 0.25) is 0 Å². The van der Waals surface area contributed by atoms with Crippen molar-refractivity contribution in [2.45, 2.75) is 18.1 Å². The van der Waals surface area contributed by atoms with Crippen molar-refractivity contribution in [1.82, 2.24) is 5.32 Å². The number of benzene rings is 1. The maximum Gasteiger partial charge on any atom is 0.134 e. The van der Waals surface area contributed by atoms with E-state index >= 15 is 0 Å². The summed E-state index contributed by atoms with van der Waals surface area (Å²) in [5, 5.41) is 20.3. The maximum atomic E-state index is 9.56. The third-order valence-corrected chi connectivity index (χ3v) is 3.21. The molecule has 1 aliphatic heterocycles. The molecule has 1 heterocycles. The lowest BCUT2D eigenvalue weighted by atomic mass is 9.92. The predicted octanol–water partition coefficient (Wildman–Crippen LogP) is 0.0555. The molecular formula is C13H19N3O2. The van der Waals surface area contributed by atoms with Crippen molar-refractivity contribution in [1.29, 1.82) is 5.41 Å². The van der Waals surface area contributed by atoms with Gasteiger partial charge < -0.3 is 20.9 Å². The van der Waals surface area contributed by atoms with Crippen LogP contribution in [0.4, 0.5) is 0 Å². The number of ether oxygens (including phenoxy) is 1. The van der Waals surface area contributed by atoms with Crippen LogP contribution in [0.15, 0.2) is 30.3 Å². The zero-order valence-corrected chi connectivity index (χ0v) is 10.2. The molecule has 5 nitrogen and oxygen atoms in total. The molecule has 1 aliphatic rings. The number of nitrogens with one attached hydrogen (secondary N) is 2. The third-order valence-electron chi connectivity index (χ3n) is 3.21. The molecular weight excluding hydrogens is 230 g/mol. The van der Waals surface area contributed by atoms with Gasteiger partial charge in [-0.25, -0.2) is 0 Å². The van der Waals surface area contributed by atoms with Gasteiger partial charge in [0.05, 0.1) is 19.3 Å². The number of hydrogen-bond donors (Lipinski definition) is 4. The summed E-state index contributed by atoms with van der Waals surface area (Å²) in [6.45, 7) is 1.07. The molecule has 0 radical (unpaired) electrons. The lowest BCUT2D eigenvalue weighted by Crippen LogP contribution is -2.45. The number of aliphatic hydroxyl groups excluding tert-OH is 1. The van der Waals surface area contributed by atoms with E-state index in [-0.39, 0.29) is 24.4 Å². The van der Waals surface area contributed by atoms with E-state index in [2.05, 4.69) is 5.32 Å². The fourth-order valence-corrected chi connectivity index (χ4v) is 2.18. The van der Waals surface area contributed by atoms with E-state index in [1.165, 1.54) is 0 Å². The van der Waals surface area contributed by atoms with E-state index in [4.69, 9.17) is 15.9 Å². The van der Waals surface area contributed by atoms with Crippen molar-refractivity contribution in [2.75, 3.05) is 19.8 Å². The number of nitrogens with two attached hydrogens (primary N) is 1. The van der Waals surface area contributed by atoms with Crippen molar-refractivity contribution in [3.05, 3.63) is 35.9 Å². The molecule has 18 heavy (non-hydrogen) atoms. The SMILES string of the molecule is N=C1NC(C(CN)c2ccccc2)COCC1O. The smallest absolute Gasteiger partial charge is 0.134 e. The average molecular weight is 249 g/mol. The van der Waals surface area contributed by atoms with Gasteiger partial charge in [0.15, 0.2) is 0 Å². The first-order valence-corrected chi connectivity index (χ1v) is 6.08. The lowest BCUT2D eigenvalue weighted by molar-refractivity contribution is 0.0672. The summed E-state index contributed by atoms with van der Waals surface area (Å²) < 4.78 is 5.39. The van der Waals surface area contributed by atoms with Crippen LogP contribution >= 0.6 is 0 Å². The Morgan fingerprint density at radius 1 is 1.39 bits per heavy atom. The van der Waals surface area contributed by atoms with Crippen LogP contribution in [0.25, 0.3) is 0 Å². The van der Waals surface area contributed by atoms with Crippen LogP contribution in [0.1, 0.15) is 11.5 Å². The molecule has 1 fully saturated rings. The summed E-state index contributed by atoms with van der Waals surface area (Å²) in [5.41, 5.74) is 6.95. The fourth-order valence-electron chi connectivity index (χ4n) is 2.18. The summed E-state index contributed by atoms with van der Waals surface area (Å²) in [7, 11) is 0. The second-order valence-electron chi connectivity index (χ2n) is 4.47. The molecule has 5 heteroatoms. The van der Waals surface area contributed by atoms with Gasteiger partial charge in [-0.05, 0) is 5.56 Å². The largest absolute Gasteiger partial charge is 0.383 e. The molecule has 0 aliphatic carbocycles. The Balaban J connectivity index is 2.15. The summed E-state index contributed by atoms with van der Waals surface area (Å²) >= 11 is 0. The minimum atomic E-state index is -0.871. The monoisotopic (exact) mass is 249 g/mol. The van der Waals surface area contributed by atoms with Crippen molar-refractivity contribution in [3.8, 4) is 0 Å². The van der Waals surface area contributed by atoms with Gasteiger partial charge >= 0.3 is 0 Å². The minimum absolute atomic E-state index is 0.0665. The quantitative estimate of drug-likeness (QED) is 0.609. The van der Waals surface area contributed by atoms with Crippen LogP contribution in [-0.4, -0.2) is 42.8 Å². The molecule has 1 aromatic rings. The molecule has 0 saturated carbocycles. The first kappa shape index (κ1) is 13.0. The molecule has 0 bridgehead atoms. The van der Waals surface area contributed by atoms with E-state index in [1.54, 1.807) is 0 Å². The van der Waals surface area contributed by atoms with Crippen LogP contribution in [0.3, 0.4) is 0 Å². The van der Waals surface area contributed by atoms with Gasteiger partial charge in [-0.3, -0.25) is 5.41 Å². The topological polar surface area (TPSA) is 91.4 Å². The second kappa shape index (κ2) is 5.95. The molecule has 2 rings (SSSR count). The van der Waals surface area contributed by atoms with Gasteiger partial charge in [-0.1, -0.05) is 30.3 Å². The van der Waals surface area contributed by atoms with Crippen LogP contribution < -0.4 is 11.1 Å². The molecule has 3 unspecified atom stereocenters. The first-order chi connectivity index (χ1) is 8.72. The highest BCUT2D eigenvalue weighted by atomic mass is 16.5. The predicted molar refractivity (Wildman–Crippen MR) is 69.7 cm³/mol. The highest BCUT2D eigenvalue weighted by Gasteiger charge is 2.27. The van der Waals surface area contributed by atoms with Crippen molar-refractivity contribution in [2.24, 2.45) is 5.73 Å². The Kier molecular flexibility index (Phi) is 4.30. The Morgan fingerprint density at radius 2 is 2.11 bits per heavy atom. The molecule has 0 spiro atoms. The molecule has 5 N–H and O–H groups in total. The molecule has 3 atom stereocenters. The normalized spacial score (nSPS) is 26.2. The van der Waals surface area contributed by atoms with Gasteiger partial charge in [0.2, 0.25) is 0 Å². The minimum Gasteiger partial charge on any atom is -0.383 e. The van der Waals surface area contributed by atoms with Crippen LogP contribution in [0.5, 0.6) is 0 Å². The van der Waals surface area contributed by atoms with E-state index in [1.807, 2.05) is 30.3 Å². The zero-order chi connectivity index (χ0) is 13.0. The summed E-state index contributed by atoms with van der Waals surface area (Å²) in [6, 6.07) is 9.85. The van der Waals surface area contributed by atoms with Gasteiger partial charge in [0.1, 0.15) is 11.9 Å². The Hall–Kier alpha value is -1.43. The highest BCUT2D eigenvalue weighted by Crippen LogP contribution is 2.20. The van der Waals surface area contributed by atoms with Gasteiger partial charge in [-0.2, -0.15) is 0 Å². The number of hydrogen-bond acceptors (Lipinski definition) is 4. The summed E-state index contributed by atoms with van der Waals surface area (Å²) in [5.74, 6) is 0.170. The molecule has 98 valence electrons. The number of amidine groups is 1. The standard InChI is InChI=1S/C13H19N3O2/c14-6-10(9-4-2-1-3-5-9)11-7-18-8-12(17)13(15)16-11/h1-5,10-12,17H,6-8,14H2,(H2,15,16). The van der Waals surface area contributed by atoms with E-state index in [0.717, 1.165) is 5.56 Å². The highest BCUT2D eigenvalue weighted by molar-refractivity contribution is 5.84. The Bertz CT molecular complexity index is 396. The molecule has 0 amide bonds. The number of aliphatic hydroxyl groups is 1. The van der Waals surface area contributed by atoms with Gasteiger partial charge in [0, 0.05) is 12.5 Å². The number of rotatable bonds is 3. The average Bonchev–Trinajstić information content (AvgIpc) is 2.55. The van der Waals surface area contributed by atoms with Crippen molar-refractivity contribution >= 4 is 5.84 Å². The van der Waals surface area contributed by atoms with E-state index in [9.17, 15) is 5.11 Å². The van der Waals surface area contributed by atoms with E-state index < -0.39 is 6.10 Å². The van der Waals surface area contributed by atoms with Gasteiger partial charge in [0.25, 0.3) is 0 Å². The molecule has 1 saturated heterocycles. The zero-order valence-electron chi connectivity index (χ0n) is 10.2. The lowest BCUT2D eigenvalue weighted by Gasteiger charge is -2.26. The first-order valence-electron chi connectivity index (χ1n) is 6.08. The van der Waals surface area contributed by atoms with Crippen LogP contribution in [0, 0.1) is 5.41 Å². The van der Waals surface area contributed by atoms with Gasteiger partial charge in [-0.15, -0.1) is 0 Å². The Labute approximate surface area is 106 Å². The van der Waals surface area contributed by atoms with E-state index in [0.29, 0.717) is 13.2 Å².